The van der Waals surface area contributed by atoms with Crippen molar-refractivity contribution in [2.45, 2.75) is 12.5 Å². The Labute approximate surface area is 126 Å². The van der Waals surface area contributed by atoms with Gasteiger partial charge in [-0.05, 0) is 18.6 Å². The molecule has 7 heteroatoms. The van der Waals surface area contributed by atoms with Gasteiger partial charge in [-0.15, -0.1) is 0 Å². The van der Waals surface area contributed by atoms with Gasteiger partial charge in [0.25, 0.3) is 5.91 Å². The molecule has 0 spiro atoms. The summed E-state index contributed by atoms with van der Waals surface area (Å²) in [4.78, 5) is 26.0. The molecule has 1 fully saturated rings. The molecular formula is C15H15FN4O2. The topological polar surface area (TPSA) is 67.2 Å². The second-order valence-electron chi connectivity index (χ2n) is 5.16. The van der Waals surface area contributed by atoms with Crippen molar-refractivity contribution in [3.8, 4) is 0 Å². The van der Waals surface area contributed by atoms with E-state index < -0.39 is 17.8 Å². The maximum absolute atomic E-state index is 13.6. The standard InChI is InChI=1S/C15H15FN4O2/c1-19-9-10(8-17-19)20-7-6-13(15(20)22)18-14(21)11-4-2-3-5-12(11)16/h2-5,8-9,13H,6-7H2,1H3,(H,18,21)/t13-/m1/s1. The lowest BCUT2D eigenvalue weighted by Gasteiger charge is -2.15. The number of aryl methyl sites for hydroxylation is 1. The first kappa shape index (κ1) is 14.2. The fraction of sp³-hybridized carbons (Fsp3) is 0.267. The largest absolute Gasteiger partial charge is 0.340 e. The zero-order valence-electron chi connectivity index (χ0n) is 12.0. The number of amides is 2. The molecule has 2 heterocycles. The average molecular weight is 302 g/mol. The molecule has 1 saturated heterocycles. The molecule has 1 aromatic carbocycles. The van der Waals surface area contributed by atoms with Crippen LogP contribution in [0.3, 0.4) is 0 Å². The van der Waals surface area contributed by atoms with E-state index in [9.17, 15) is 14.0 Å². The van der Waals surface area contributed by atoms with Crippen molar-refractivity contribution in [2.24, 2.45) is 7.05 Å². The Morgan fingerprint density at radius 1 is 1.41 bits per heavy atom. The number of carbonyl (C=O) groups excluding carboxylic acids is 2. The van der Waals surface area contributed by atoms with Crippen molar-refractivity contribution >= 4 is 17.5 Å². The highest BCUT2D eigenvalue weighted by molar-refractivity contribution is 6.03. The summed E-state index contributed by atoms with van der Waals surface area (Å²) in [6.45, 7) is 0.493. The molecule has 114 valence electrons. The number of aromatic nitrogens is 2. The summed E-state index contributed by atoms with van der Waals surface area (Å²) >= 11 is 0. The van der Waals surface area contributed by atoms with E-state index in [0.717, 1.165) is 0 Å². The number of nitrogens with one attached hydrogen (secondary N) is 1. The third-order valence-corrected chi connectivity index (χ3v) is 3.63. The Kier molecular flexibility index (Phi) is 3.62. The lowest BCUT2D eigenvalue weighted by Crippen LogP contribution is -2.41. The van der Waals surface area contributed by atoms with Crippen LogP contribution in [-0.2, 0) is 11.8 Å². The lowest BCUT2D eigenvalue weighted by molar-refractivity contribution is -0.118. The summed E-state index contributed by atoms with van der Waals surface area (Å²) in [6, 6.07) is 5.05. The van der Waals surface area contributed by atoms with Gasteiger partial charge in [-0.3, -0.25) is 14.3 Å². The molecule has 2 amide bonds. The molecule has 1 aliphatic rings. The molecule has 0 radical (unpaired) electrons. The highest BCUT2D eigenvalue weighted by Crippen LogP contribution is 2.21. The first-order chi connectivity index (χ1) is 10.6. The Morgan fingerprint density at radius 3 is 2.86 bits per heavy atom. The first-order valence-corrected chi connectivity index (χ1v) is 6.91. The lowest BCUT2D eigenvalue weighted by atomic mass is 10.1. The van der Waals surface area contributed by atoms with E-state index in [0.29, 0.717) is 18.7 Å². The SMILES string of the molecule is Cn1cc(N2CC[C@@H](NC(=O)c3ccccc3F)C2=O)cn1. The van der Waals surface area contributed by atoms with Crippen LogP contribution in [0.1, 0.15) is 16.8 Å². The van der Waals surface area contributed by atoms with Crippen LogP contribution >= 0.6 is 0 Å². The van der Waals surface area contributed by atoms with Crippen LogP contribution in [0.2, 0.25) is 0 Å². The molecule has 0 bridgehead atoms. The van der Waals surface area contributed by atoms with Crippen molar-refractivity contribution < 1.29 is 14.0 Å². The minimum absolute atomic E-state index is 0.0601. The molecule has 0 aliphatic carbocycles. The molecule has 1 aromatic heterocycles. The molecule has 2 aromatic rings. The highest BCUT2D eigenvalue weighted by Gasteiger charge is 2.34. The molecule has 0 saturated carbocycles. The molecule has 1 aliphatic heterocycles. The van der Waals surface area contributed by atoms with Gasteiger partial charge in [0.05, 0.1) is 17.4 Å². The van der Waals surface area contributed by atoms with E-state index in [4.69, 9.17) is 0 Å². The van der Waals surface area contributed by atoms with Crippen LogP contribution in [0.25, 0.3) is 0 Å². The van der Waals surface area contributed by atoms with Crippen molar-refractivity contribution in [1.82, 2.24) is 15.1 Å². The van der Waals surface area contributed by atoms with Gasteiger partial charge in [0.15, 0.2) is 0 Å². The molecular weight excluding hydrogens is 287 g/mol. The van der Waals surface area contributed by atoms with Gasteiger partial charge in [-0.1, -0.05) is 12.1 Å². The predicted octanol–water partition coefficient (Wildman–Crippen LogP) is 1.09. The number of benzene rings is 1. The van der Waals surface area contributed by atoms with Gasteiger partial charge in [0.2, 0.25) is 5.91 Å². The quantitative estimate of drug-likeness (QED) is 0.923. The molecule has 3 rings (SSSR count). The van der Waals surface area contributed by atoms with Crippen LogP contribution in [0.4, 0.5) is 10.1 Å². The van der Waals surface area contributed by atoms with Crippen molar-refractivity contribution in [3.05, 3.63) is 48.0 Å². The highest BCUT2D eigenvalue weighted by atomic mass is 19.1. The maximum Gasteiger partial charge on any atom is 0.254 e. The van der Waals surface area contributed by atoms with Crippen molar-refractivity contribution in [2.75, 3.05) is 11.4 Å². The van der Waals surface area contributed by atoms with Gasteiger partial charge in [-0.25, -0.2) is 4.39 Å². The summed E-state index contributed by atoms with van der Waals surface area (Å²) in [7, 11) is 1.77. The van der Waals surface area contributed by atoms with Gasteiger partial charge >= 0.3 is 0 Å². The molecule has 22 heavy (non-hydrogen) atoms. The van der Waals surface area contributed by atoms with E-state index in [-0.39, 0.29) is 11.5 Å². The molecule has 1 N–H and O–H groups in total. The Morgan fingerprint density at radius 2 is 2.18 bits per heavy atom. The maximum atomic E-state index is 13.6. The number of hydrogen-bond acceptors (Lipinski definition) is 3. The van der Waals surface area contributed by atoms with E-state index >= 15 is 0 Å². The van der Waals surface area contributed by atoms with E-state index in [2.05, 4.69) is 10.4 Å². The van der Waals surface area contributed by atoms with E-state index in [1.807, 2.05) is 0 Å². The zero-order valence-corrected chi connectivity index (χ0v) is 12.0. The molecule has 6 nitrogen and oxygen atoms in total. The van der Waals surface area contributed by atoms with Crippen molar-refractivity contribution in [3.63, 3.8) is 0 Å². The summed E-state index contributed by atoms with van der Waals surface area (Å²) in [5, 5.41) is 6.62. The minimum atomic E-state index is -0.646. The second-order valence-corrected chi connectivity index (χ2v) is 5.16. The van der Waals surface area contributed by atoms with Crippen molar-refractivity contribution in [1.29, 1.82) is 0 Å². The smallest absolute Gasteiger partial charge is 0.254 e. The summed E-state index contributed by atoms with van der Waals surface area (Å²) < 4.78 is 15.2. The second kappa shape index (κ2) is 5.59. The summed E-state index contributed by atoms with van der Waals surface area (Å²) in [5.41, 5.74) is 0.630. The number of halogens is 1. The van der Waals surface area contributed by atoms with Crippen LogP contribution < -0.4 is 10.2 Å². The Balaban J connectivity index is 1.71. The van der Waals surface area contributed by atoms with E-state index in [1.165, 1.54) is 18.2 Å². The molecule has 1 atom stereocenters. The number of rotatable bonds is 3. The van der Waals surface area contributed by atoms with Crippen LogP contribution in [0, 0.1) is 5.82 Å². The Bertz CT molecular complexity index is 728. The van der Waals surface area contributed by atoms with Gasteiger partial charge in [0, 0.05) is 19.8 Å². The monoisotopic (exact) mass is 302 g/mol. The normalized spacial score (nSPS) is 17.8. The van der Waals surface area contributed by atoms with Gasteiger partial charge in [-0.2, -0.15) is 5.10 Å². The van der Waals surface area contributed by atoms with Crippen LogP contribution in [0.15, 0.2) is 36.7 Å². The number of hydrogen-bond donors (Lipinski definition) is 1. The van der Waals surface area contributed by atoms with Gasteiger partial charge < -0.3 is 10.2 Å². The first-order valence-electron chi connectivity index (χ1n) is 6.91. The number of anilines is 1. The Hall–Kier alpha value is -2.70. The number of carbonyl (C=O) groups is 2. The zero-order chi connectivity index (χ0) is 15.7. The third kappa shape index (κ3) is 2.57. The fourth-order valence-corrected chi connectivity index (χ4v) is 2.50. The van der Waals surface area contributed by atoms with Crippen LogP contribution in [-0.4, -0.2) is 34.2 Å². The van der Waals surface area contributed by atoms with Crippen LogP contribution in [0.5, 0.6) is 0 Å². The third-order valence-electron chi connectivity index (χ3n) is 3.63. The fourth-order valence-electron chi connectivity index (χ4n) is 2.50. The van der Waals surface area contributed by atoms with E-state index in [1.54, 1.807) is 35.1 Å². The average Bonchev–Trinajstić information content (AvgIpc) is 3.06. The predicted molar refractivity (Wildman–Crippen MR) is 77.8 cm³/mol. The number of nitrogens with zero attached hydrogens (tertiary/aromatic N) is 3. The summed E-state index contributed by atoms with van der Waals surface area (Å²) in [6.07, 6.45) is 3.81. The van der Waals surface area contributed by atoms with Gasteiger partial charge in [0.1, 0.15) is 11.9 Å². The minimum Gasteiger partial charge on any atom is -0.340 e. The molecule has 0 unspecified atom stereocenters. The summed E-state index contributed by atoms with van der Waals surface area (Å²) in [5.74, 6) is -1.39.